The van der Waals surface area contributed by atoms with Crippen LogP contribution >= 0.6 is 0 Å². The maximum Gasteiger partial charge on any atom is 0.336 e. The summed E-state index contributed by atoms with van der Waals surface area (Å²) in [5.74, 6) is 0. The van der Waals surface area contributed by atoms with E-state index >= 15 is 0 Å². The average molecular weight is 282 g/mol. The van der Waals surface area contributed by atoms with Crippen LogP contribution < -0.4 is 11.0 Å². The summed E-state index contributed by atoms with van der Waals surface area (Å²) in [6.45, 7) is 0.453. The Hall–Kier alpha value is -2.89. The zero-order valence-electron chi connectivity index (χ0n) is 11.2. The highest BCUT2D eigenvalue weighted by Crippen LogP contribution is 2.04. The number of hydrogen-bond acceptors (Lipinski definition) is 3. The number of benzene rings is 1. The lowest BCUT2D eigenvalue weighted by Crippen LogP contribution is -2.36. The van der Waals surface area contributed by atoms with E-state index in [-0.39, 0.29) is 0 Å². The monoisotopic (exact) mass is 282 g/mol. The number of carbonyl (C=O) groups is 1. The van der Waals surface area contributed by atoms with Gasteiger partial charge >= 0.3 is 11.7 Å². The van der Waals surface area contributed by atoms with Gasteiger partial charge < -0.3 is 10.3 Å². The van der Waals surface area contributed by atoms with Crippen molar-refractivity contribution in [2.45, 2.75) is 6.42 Å². The lowest BCUT2D eigenvalue weighted by molar-refractivity contribution is 0.242. The molecule has 0 aliphatic carbocycles. The molecule has 106 valence electrons. The first kappa shape index (κ1) is 13.1. The third-order valence-electron chi connectivity index (χ3n) is 3.18. The number of rotatable bonds is 3. The fourth-order valence-corrected chi connectivity index (χ4v) is 2.17. The van der Waals surface area contributed by atoms with Gasteiger partial charge in [0.2, 0.25) is 0 Å². The predicted octanol–water partition coefficient (Wildman–Crippen LogP) is 1.52. The first-order chi connectivity index (χ1) is 10.3. The third kappa shape index (κ3) is 2.69. The quantitative estimate of drug-likeness (QED) is 0.764. The van der Waals surface area contributed by atoms with Crippen molar-refractivity contribution >= 4 is 17.2 Å². The molecule has 0 saturated heterocycles. The maximum atomic E-state index is 12.1. The molecule has 3 rings (SSSR count). The van der Waals surface area contributed by atoms with Crippen LogP contribution in [0, 0.1) is 0 Å². The highest BCUT2D eigenvalue weighted by molar-refractivity contribution is 5.86. The molecule has 2 heterocycles. The molecule has 6 heteroatoms. The van der Waals surface area contributed by atoms with Crippen molar-refractivity contribution in [2.75, 3.05) is 6.54 Å². The number of carbonyl (C=O) groups excluding carboxylic acids is 1. The molecule has 0 radical (unpaired) electrons. The van der Waals surface area contributed by atoms with Crippen LogP contribution in [0.1, 0.15) is 5.56 Å². The van der Waals surface area contributed by atoms with Crippen LogP contribution in [0.25, 0.3) is 11.2 Å². The predicted molar refractivity (Wildman–Crippen MR) is 79.3 cm³/mol. The summed E-state index contributed by atoms with van der Waals surface area (Å²) in [4.78, 5) is 30.6. The van der Waals surface area contributed by atoms with Gasteiger partial charge in [0, 0.05) is 12.7 Å². The molecular weight excluding hydrogens is 268 g/mol. The molecule has 0 fully saturated rings. The molecule has 0 bridgehead atoms. The number of hydrogen-bond donors (Lipinski definition) is 2. The summed E-state index contributed by atoms with van der Waals surface area (Å²) >= 11 is 0. The topological polar surface area (TPSA) is 79.8 Å². The van der Waals surface area contributed by atoms with E-state index in [1.807, 2.05) is 30.3 Å². The number of nitrogens with zero attached hydrogens (tertiary/aromatic N) is 2. The molecule has 0 saturated carbocycles. The average Bonchev–Trinajstić information content (AvgIpc) is 2.84. The van der Waals surface area contributed by atoms with Crippen LogP contribution in [0.4, 0.5) is 4.79 Å². The van der Waals surface area contributed by atoms with Gasteiger partial charge in [-0.1, -0.05) is 30.3 Å². The summed E-state index contributed by atoms with van der Waals surface area (Å²) in [6, 6.07) is 12.8. The van der Waals surface area contributed by atoms with E-state index in [1.54, 1.807) is 18.3 Å². The standard InChI is InChI=1S/C15H14N4O2/c20-14(17-10-8-11-5-2-1-3-6-11)19-13-12(18-15(19)21)7-4-9-16-13/h1-7,9H,8,10H2,(H,17,20)(H,18,21). The second-order valence-corrected chi connectivity index (χ2v) is 4.61. The van der Waals surface area contributed by atoms with E-state index in [2.05, 4.69) is 15.3 Å². The minimum atomic E-state index is -0.485. The van der Waals surface area contributed by atoms with Crippen molar-refractivity contribution in [2.24, 2.45) is 0 Å². The van der Waals surface area contributed by atoms with E-state index in [1.165, 1.54) is 0 Å². The van der Waals surface area contributed by atoms with E-state index in [9.17, 15) is 9.59 Å². The van der Waals surface area contributed by atoms with Gasteiger partial charge in [-0.15, -0.1) is 0 Å². The molecule has 3 aromatic rings. The second kappa shape index (κ2) is 5.62. The van der Waals surface area contributed by atoms with Crippen molar-refractivity contribution < 1.29 is 4.79 Å². The van der Waals surface area contributed by atoms with Crippen molar-refractivity contribution in [3.63, 3.8) is 0 Å². The molecule has 2 aromatic heterocycles. The second-order valence-electron chi connectivity index (χ2n) is 4.61. The molecule has 0 aliphatic heterocycles. The highest BCUT2D eigenvalue weighted by Gasteiger charge is 2.13. The smallest absolute Gasteiger partial charge is 0.336 e. The Labute approximate surface area is 120 Å². The summed E-state index contributed by atoms with van der Waals surface area (Å²) in [5, 5.41) is 2.73. The summed E-state index contributed by atoms with van der Waals surface area (Å²) in [7, 11) is 0. The Kier molecular flexibility index (Phi) is 3.51. The van der Waals surface area contributed by atoms with Crippen LogP contribution in [0.2, 0.25) is 0 Å². The number of amides is 1. The molecule has 6 nitrogen and oxygen atoms in total. The van der Waals surface area contributed by atoms with Gasteiger partial charge in [-0.2, -0.15) is 4.57 Å². The fraction of sp³-hybridized carbons (Fsp3) is 0.133. The van der Waals surface area contributed by atoms with Crippen molar-refractivity contribution in [3.8, 4) is 0 Å². The highest BCUT2D eigenvalue weighted by atomic mass is 16.2. The number of fused-ring (bicyclic) bond motifs is 1. The van der Waals surface area contributed by atoms with E-state index in [0.29, 0.717) is 24.1 Å². The molecule has 0 unspecified atom stereocenters. The van der Waals surface area contributed by atoms with E-state index < -0.39 is 11.7 Å². The van der Waals surface area contributed by atoms with Gasteiger partial charge in [-0.25, -0.2) is 14.6 Å². The Morgan fingerprint density at radius 3 is 2.81 bits per heavy atom. The Morgan fingerprint density at radius 1 is 1.19 bits per heavy atom. The molecule has 2 N–H and O–H groups in total. The number of H-pyrrole nitrogens is 1. The zero-order chi connectivity index (χ0) is 14.7. The summed E-state index contributed by atoms with van der Waals surface area (Å²) < 4.78 is 1.01. The van der Waals surface area contributed by atoms with Crippen molar-refractivity contribution in [1.29, 1.82) is 0 Å². The minimum Gasteiger partial charge on any atom is -0.337 e. The van der Waals surface area contributed by atoms with Gasteiger partial charge in [-0.05, 0) is 24.1 Å². The number of aromatic amines is 1. The molecular formula is C15H14N4O2. The van der Waals surface area contributed by atoms with E-state index in [4.69, 9.17) is 0 Å². The van der Waals surface area contributed by atoms with E-state index in [0.717, 1.165) is 10.1 Å². The first-order valence-electron chi connectivity index (χ1n) is 6.63. The zero-order valence-corrected chi connectivity index (χ0v) is 11.2. The van der Waals surface area contributed by atoms with Gasteiger partial charge in [0.1, 0.15) is 0 Å². The maximum absolute atomic E-state index is 12.1. The van der Waals surface area contributed by atoms with Crippen LogP contribution in [0.15, 0.2) is 53.5 Å². The van der Waals surface area contributed by atoms with Crippen LogP contribution in [-0.2, 0) is 6.42 Å². The largest absolute Gasteiger partial charge is 0.337 e. The number of nitrogens with one attached hydrogen (secondary N) is 2. The molecule has 1 amide bonds. The lowest BCUT2D eigenvalue weighted by atomic mass is 10.1. The van der Waals surface area contributed by atoms with Crippen molar-refractivity contribution in [3.05, 3.63) is 64.7 Å². The Balaban J connectivity index is 1.73. The summed E-state index contributed by atoms with van der Waals surface area (Å²) in [5.41, 5.74) is 1.52. The SMILES string of the molecule is O=C(NCCc1ccccc1)n1c(=O)[nH]c2cccnc21. The lowest BCUT2D eigenvalue weighted by Gasteiger charge is -2.05. The molecule has 1 aromatic carbocycles. The van der Waals surface area contributed by atoms with Gasteiger partial charge in [-0.3, -0.25) is 0 Å². The minimum absolute atomic E-state index is 0.333. The molecule has 0 atom stereocenters. The van der Waals surface area contributed by atoms with Crippen LogP contribution in [0.5, 0.6) is 0 Å². The van der Waals surface area contributed by atoms with Crippen LogP contribution in [0.3, 0.4) is 0 Å². The number of aromatic nitrogens is 3. The first-order valence-corrected chi connectivity index (χ1v) is 6.63. The number of pyridine rings is 1. The Bertz CT molecular complexity index is 820. The van der Waals surface area contributed by atoms with Gasteiger partial charge in [0.25, 0.3) is 0 Å². The van der Waals surface area contributed by atoms with Gasteiger partial charge in [0.15, 0.2) is 5.65 Å². The van der Waals surface area contributed by atoms with Gasteiger partial charge in [0.05, 0.1) is 5.52 Å². The summed E-state index contributed by atoms with van der Waals surface area (Å²) in [6.07, 6.45) is 2.25. The molecule has 21 heavy (non-hydrogen) atoms. The molecule has 0 aliphatic rings. The number of imidazole rings is 1. The normalized spacial score (nSPS) is 10.7. The third-order valence-corrected chi connectivity index (χ3v) is 3.18. The molecule has 0 spiro atoms. The van der Waals surface area contributed by atoms with Crippen LogP contribution in [-0.4, -0.2) is 27.1 Å². The Morgan fingerprint density at radius 2 is 2.00 bits per heavy atom. The van der Waals surface area contributed by atoms with Crippen molar-refractivity contribution in [1.82, 2.24) is 19.9 Å². The fourth-order valence-electron chi connectivity index (χ4n) is 2.17.